The van der Waals surface area contributed by atoms with Crippen LogP contribution < -0.4 is 0 Å². The highest BCUT2D eigenvalue weighted by Crippen LogP contribution is 2.25. The number of azo groups is 1. The van der Waals surface area contributed by atoms with E-state index >= 15 is 0 Å². The van der Waals surface area contributed by atoms with Crippen LogP contribution in [0.1, 0.15) is 21.6 Å². The maximum absolute atomic E-state index is 11.4. The molecule has 3 aromatic rings. The highest BCUT2D eigenvalue weighted by Gasteiger charge is 2.15. The summed E-state index contributed by atoms with van der Waals surface area (Å²) < 4.78 is 6.34. The maximum atomic E-state index is 11.4. The molecule has 0 spiro atoms. The average Bonchev–Trinajstić information content (AvgIpc) is 2.95. The van der Waals surface area contributed by atoms with Crippen LogP contribution in [-0.2, 0) is 16.0 Å². The normalized spacial score (nSPS) is 11.2. The summed E-state index contributed by atoms with van der Waals surface area (Å²) in [6.45, 7) is 1.93. The van der Waals surface area contributed by atoms with E-state index in [4.69, 9.17) is 5.11 Å². The molecule has 132 valence electrons. The minimum atomic E-state index is -0.996. The van der Waals surface area contributed by atoms with Gasteiger partial charge in [0.15, 0.2) is 5.82 Å². The molecule has 0 atom stereocenters. The summed E-state index contributed by atoms with van der Waals surface area (Å²) in [4.78, 5) is 26.9. The molecule has 0 aliphatic heterocycles. The Morgan fingerprint density at radius 2 is 1.92 bits per heavy atom. The fourth-order valence-electron chi connectivity index (χ4n) is 2.44. The monoisotopic (exact) mass is 352 g/mol. The van der Waals surface area contributed by atoms with Gasteiger partial charge in [-0.25, -0.2) is 9.78 Å². The topological polar surface area (TPSA) is 106 Å². The number of ether oxygens (including phenoxy) is 1. The van der Waals surface area contributed by atoms with Crippen molar-refractivity contribution < 1.29 is 19.4 Å². The van der Waals surface area contributed by atoms with Crippen molar-refractivity contribution in [1.82, 2.24) is 9.38 Å². The number of esters is 1. The lowest BCUT2D eigenvalue weighted by Gasteiger charge is -2.00. The predicted octanol–water partition coefficient (Wildman–Crippen LogP) is 3.47. The Balaban J connectivity index is 1.97. The summed E-state index contributed by atoms with van der Waals surface area (Å²) in [5.74, 6) is -1.07. The summed E-state index contributed by atoms with van der Waals surface area (Å²) in [5, 5.41) is 17.4. The lowest BCUT2D eigenvalue weighted by molar-refractivity contribution is -0.136. The number of hydrogen-bond donors (Lipinski definition) is 1. The Morgan fingerprint density at radius 1 is 1.19 bits per heavy atom. The second-order valence-electron chi connectivity index (χ2n) is 5.62. The van der Waals surface area contributed by atoms with Crippen LogP contribution in [0.5, 0.6) is 0 Å². The van der Waals surface area contributed by atoms with Gasteiger partial charge in [0.1, 0.15) is 5.65 Å². The molecule has 0 unspecified atom stereocenters. The van der Waals surface area contributed by atoms with Crippen molar-refractivity contribution in [1.29, 1.82) is 0 Å². The van der Waals surface area contributed by atoms with Gasteiger partial charge < -0.3 is 9.84 Å². The van der Waals surface area contributed by atoms with E-state index in [-0.39, 0.29) is 6.42 Å². The van der Waals surface area contributed by atoms with Crippen molar-refractivity contribution in [2.45, 2.75) is 13.3 Å². The fraction of sp³-hybridized carbons (Fsp3) is 0.167. The summed E-state index contributed by atoms with van der Waals surface area (Å²) in [6, 6.07) is 10.1. The molecule has 26 heavy (non-hydrogen) atoms. The molecule has 0 radical (unpaired) electrons. The molecule has 0 fully saturated rings. The van der Waals surface area contributed by atoms with Gasteiger partial charge in [-0.15, -0.1) is 10.2 Å². The van der Waals surface area contributed by atoms with Gasteiger partial charge >= 0.3 is 11.9 Å². The number of carbonyl (C=O) groups excluding carboxylic acids is 1. The third-order valence-electron chi connectivity index (χ3n) is 3.69. The molecule has 0 amide bonds. The predicted molar refractivity (Wildman–Crippen MR) is 93.2 cm³/mol. The number of benzene rings is 1. The maximum Gasteiger partial charge on any atom is 0.337 e. The minimum absolute atomic E-state index is 0.254. The fourth-order valence-corrected chi connectivity index (χ4v) is 2.44. The Morgan fingerprint density at radius 3 is 2.58 bits per heavy atom. The zero-order chi connectivity index (χ0) is 18.7. The average molecular weight is 352 g/mol. The summed E-state index contributed by atoms with van der Waals surface area (Å²) >= 11 is 0. The van der Waals surface area contributed by atoms with Crippen LogP contribution in [0.2, 0.25) is 0 Å². The molecule has 2 heterocycles. The van der Waals surface area contributed by atoms with Gasteiger partial charge in [0.05, 0.1) is 30.5 Å². The second kappa shape index (κ2) is 7.14. The van der Waals surface area contributed by atoms with Gasteiger partial charge in [-0.3, -0.25) is 9.20 Å². The van der Waals surface area contributed by atoms with Crippen LogP contribution in [0, 0.1) is 6.92 Å². The lowest BCUT2D eigenvalue weighted by atomic mass is 10.2. The first-order valence-corrected chi connectivity index (χ1v) is 7.77. The number of fused-ring (bicyclic) bond motifs is 1. The van der Waals surface area contributed by atoms with Gasteiger partial charge in [0.2, 0.25) is 0 Å². The number of pyridine rings is 1. The number of carboxylic acids is 1. The third kappa shape index (κ3) is 3.59. The number of imidazole rings is 1. The minimum Gasteiger partial charge on any atom is -0.481 e. The standard InChI is InChI=1S/C18H16N4O4/c1-11-7-8-22-15(9-11)19-14(10-16(23)24)17(22)21-20-13-5-3-12(4-6-13)18(25)26-2/h3-9H,10H2,1-2H3,(H,23,24). The van der Waals surface area contributed by atoms with Gasteiger partial charge in [0.25, 0.3) is 0 Å². The van der Waals surface area contributed by atoms with Crippen LogP contribution in [0.3, 0.4) is 0 Å². The SMILES string of the molecule is COC(=O)c1ccc(N=Nc2c(CC(=O)O)nc3cc(C)ccn23)cc1. The van der Waals surface area contributed by atoms with Crippen molar-refractivity contribution in [3.8, 4) is 0 Å². The molecular weight excluding hydrogens is 336 g/mol. The molecule has 0 aliphatic rings. The van der Waals surface area contributed by atoms with Crippen LogP contribution in [-0.4, -0.2) is 33.5 Å². The second-order valence-corrected chi connectivity index (χ2v) is 5.62. The number of hydrogen-bond acceptors (Lipinski definition) is 6. The Labute approximate surface area is 148 Å². The molecule has 2 aromatic heterocycles. The number of aromatic nitrogens is 2. The van der Waals surface area contributed by atoms with E-state index in [0.29, 0.717) is 28.4 Å². The van der Waals surface area contributed by atoms with Crippen LogP contribution in [0.25, 0.3) is 5.65 Å². The van der Waals surface area contributed by atoms with Crippen LogP contribution >= 0.6 is 0 Å². The van der Waals surface area contributed by atoms with E-state index in [0.717, 1.165) is 5.56 Å². The van der Waals surface area contributed by atoms with E-state index < -0.39 is 11.9 Å². The molecule has 3 rings (SSSR count). The van der Waals surface area contributed by atoms with Crippen molar-refractivity contribution in [3.63, 3.8) is 0 Å². The number of carbonyl (C=O) groups is 2. The molecule has 0 bridgehead atoms. The molecule has 0 aliphatic carbocycles. The van der Waals surface area contributed by atoms with E-state index in [1.54, 1.807) is 34.9 Å². The first-order chi connectivity index (χ1) is 12.5. The molecule has 8 heteroatoms. The Kier molecular flexibility index (Phi) is 4.74. The number of nitrogens with zero attached hydrogens (tertiary/aromatic N) is 4. The zero-order valence-electron chi connectivity index (χ0n) is 14.2. The molecule has 0 saturated heterocycles. The van der Waals surface area contributed by atoms with Crippen molar-refractivity contribution in [3.05, 3.63) is 59.4 Å². The van der Waals surface area contributed by atoms with E-state index in [1.807, 2.05) is 19.1 Å². The van der Waals surface area contributed by atoms with E-state index in [9.17, 15) is 9.59 Å². The molecule has 0 saturated carbocycles. The highest BCUT2D eigenvalue weighted by molar-refractivity contribution is 5.89. The molecule has 8 nitrogen and oxygen atoms in total. The number of aliphatic carboxylic acids is 1. The van der Waals surface area contributed by atoms with Crippen molar-refractivity contribution >= 4 is 29.1 Å². The van der Waals surface area contributed by atoms with Gasteiger partial charge in [-0.05, 0) is 48.9 Å². The highest BCUT2D eigenvalue weighted by atomic mass is 16.5. The van der Waals surface area contributed by atoms with Gasteiger partial charge in [0, 0.05) is 6.20 Å². The summed E-state index contributed by atoms with van der Waals surface area (Å²) in [7, 11) is 1.31. The molecule has 1 aromatic carbocycles. The Hall–Kier alpha value is -3.55. The van der Waals surface area contributed by atoms with Crippen molar-refractivity contribution in [2.24, 2.45) is 10.2 Å². The van der Waals surface area contributed by atoms with E-state index in [2.05, 4.69) is 19.9 Å². The summed E-state index contributed by atoms with van der Waals surface area (Å²) in [6.07, 6.45) is 1.52. The quantitative estimate of drug-likeness (QED) is 0.559. The zero-order valence-corrected chi connectivity index (χ0v) is 14.2. The summed E-state index contributed by atoms with van der Waals surface area (Å²) in [5.41, 5.74) is 2.87. The number of carboxylic acid groups (broad SMARTS) is 1. The molecular formula is C18H16N4O4. The van der Waals surface area contributed by atoms with Gasteiger partial charge in [-0.1, -0.05) is 0 Å². The van der Waals surface area contributed by atoms with Crippen LogP contribution in [0.4, 0.5) is 11.5 Å². The Bertz CT molecular complexity index is 1010. The first-order valence-electron chi connectivity index (χ1n) is 7.77. The van der Waals surface area contributed by atoms with Crippen LogP contribution in [0.15, 0.2) is 52.8 Å². The van der Waals surface area contributed by atoms with Gasteiger partial charge in [-0.2, -0.15) is 0 Å². The number of aryl methyl sites for hydroxylation is 1. The smallest absolute Gasteiger partial charge is 0.337 e. The third-order valence-corrected chi connectivity index (χ3v) is 3.69. The van der Waals surface area contributed by atoms with Crippen molar-refractivity contribution in [2.75, 3.05) is 7.11 Å². The molecule has 1 N–H and O–H groups in total. The van der Waals surface area contributed by atoms with E-state index in [1.165, 1.54) is 7.11 Å². The lowest BCUT2D eigenvalue weighted by Crippen LogP contribution is -2.00. The largest absolute Gasteiger partial charge is 0.481 e. The number of rotatable bonds is 5. The number of methoxy groups -OCH3 is 1. The first kappa shape index (κ1) is 17.3.